The molecule has 0 saturated carbocycles. The summed E-state index contributed by atoms with van der Waals surface area (Å²) < 4.78 is 0. The Morgan fingerprint density at radius 1 is 0.880 bits per heavy atom. The highest BCUT2D eigenvalue weighted by Crippen LogP contribution is 2.13. The van der Waals surface area contributed by atoms with E-state index in [9.17, 15) is 4.79 Å². The number of carboxylic acid groups (broad SMARTS) is 1. The van der Waals surface area contributed by atoms with Crippen LogP contribution in [0.3, 0.4) is 0 Å². The number of hydrogen-bond donors (Lipinski definition) is 3. The van der Waals surface area contributed by atoms with Gasteiger partial charge in [0.2, 0.25) is 0 Å². The number of aliphatic hydroxyl groups is 1. The molecule has 0 atom stereocenters. The molecule has 0 bridgehead atoms. The monoisotopic (exact) mass is 343 g/mol. The first-order chi connectivity index (χ1) is 12.0. The lowest BCUT2D eigenvalue weighted by Gasteiger charge is -2.05. The molecule has 0 aliphatic carbocycles. The number of carboxylic acids is 1. The van der Waals surface area contributed by atoms with Crippen LogP contribution in [0.1, 0.15) is 46.8 Å². The van der Waals surface area contributed by atoms with Gasteiger partial charge in [0.15, 0.2) is 5.78 Å². The van der Waals surface area contributed by atoms with Gasteiger partial charge in [-0.25, -0.2) is 0 Å². The lowest BCUT2D eigenvalue weighted by atomic mass is 9.99. The molecule has 2 aromatic rings. The quantitative estimate of drug-likeness (QED) is 0.530. The lowest BCUT2D eigenvalue weighted by molar-refractivity contribution is -0.134. The van der Waals surface area contributed by atoms with Gasteiger partial charge in [-0.3, -0.25) is 9.59 Å². The summed E-state index contributed by atoms with van der Waals surface area (Å²) in [5.74, 6) is -0.805. The summed E-state index contributed by atoms with van der Waals surface area (Å²) >= 11 is 0. The van der Waals surface area contributed by atoms with Gasteiger partial charge in [0.25, 0.3) is 5.97 Å². The summed E-state index contributed by atoms with van der Waals surface area (Å²) in [4.78, 5) is 21.4. The summed E-state index contributed by atoms with van der Waals surface area (Å²) in [6, 6.07) is 15.1. The number of benzene rings is 2. The number of ketones is 1. The van der Waals surface area contributed by atoms with E-state index >= 15 is 0 Å². The van der Waals surface area contributed by atoms with Crippen molar-refractivity contribution in [2.75, 3.05) is 6.61 Å². The van der Waals surface area contributed by atoms with Crippen LogP contribution in [0.15, 0.2) is 48.5 Å². The fourth-order valence-corrected chi connectivity index (χ4v) is 2.22. The molecule has 0 radical (unpaired) electrons. The van der Waals surface area contributed by atoms with Gasteiger partial charge in [0, 0.05) is 31.2 Å². The van der Waals surface area contributed by atoms with E-state index in [2.05, 4.69) is 0 Å². The zero-order valence-electron chi connectivity index (χ0n) is 14.4. The van der Waals surface area contributed by atoms with Crippen molar-refractivity contribution in [3.63, 3.8) is 0 Å². The van der Waals surface area contributed by atoms with Gasteiger partial charge in [0.05, 0.1) is 0 Å². The molecule has 0 amide bonds. The van der Waals surface area contributed by atoms with Gasteiger partial charge < -0.3 is 15.9 Å². The molecule has 4 N–H and O–H groups in total. The van der Waals surface area contributed by atoms with Crippen molar-refractivity contribution < 1.29 is 19.8 Å². The summed E-state index contributed by atoms with van der Waals surface area (Å²) in [7, 11) is 0. The molecule has 2 rings (SSSR count). The van der Waals surface area contributed by atoms with Crippen molar-refractivity contribution in [3.05, 3.63) is 70.8 Å². The Labute approximate surface area is 148 Å². The van der Waals surface area contributed by atoms with E-state index in [1.165, 1.54) is 5.56 Å². The molecule has 0 aliphatic heterocycles. The normalized spacial score (nSPS) is 9.88. The number of aryl methyl sites for hydroxylation is 1. The topological polar surface area (TPSA) is 101 Å². The smallest absolute Gasteiger partial charge is 0.300 e. The number of aliphatic hydroxyl groups excluding tert-OH is 1. The van der Waals surface area contributed by atoms with Crippen molar-refractivity contribution in [2.24, 2.45) is 5.73 Å². The second-order valence-electron chi connectivity index (χ2n) is 5.63. The minimum atomic E-state index is -0.833. The van der Waals surface area contributed by atoms with E-state index in [4.69, 9.17) is 20.7 Å². The van der Waals surface area contributed by atoms with Crippen LogP contribution in [-0.2, 0) is 17.8 Å². The minimum Gasteiger partial charge on any atom is -0.481 e. The molecule has 0 aromatic heterocycles. The number of unbranched alkanes of at least 4 members (excludes halogenated alkanes) is 1. The Kier molecular flexibility index (Phi) is 9.14. The average molecular weight is 343 g/mol. The van der Waals surface area contributed by atoms with Gasteiger partial charge in [-0.15, -0.1) is 0 Å². The van der Waals surface area contributed by atoms with E-state index in [1.54, 1.807) is 0 Å². The highest BCUT2D eigenvalue weighted by molar-refractivity contribution is 6.08. The fourth-order valence-electron chi connectivity index (χ4n) is 2.22. The second-order valence-corrected chi connectivity index (χ2v) is 5.63. The van der Waals surface area contributed by atoms with Gasteiger partial charge in [-0.05, 0) is 30.4 Å². The van der Waals surface area contributed by atoms with Crippen LogP contribution < -0.4 is 5.73 Å². The van der Waals surface area contributed by atoms with Crippen LogP contribution >= 0.6 is 0 Å². The van der Waals surface area contributed by atoms with Crippen molar-refractivity contribution in [2.45, 2.75) is 32.7 Å². The van der Waals surface area contributed by atoms with E-state index in [0.29, 0.717) is 17.7 Å². The molecule has 25 heavy (non-hydrogen) atoms. The molecule has 0 heterocycles. The fraction of sp³-hybridized carbons (Fsp3) is 0.300. The number of nitrogens with two attached hydrogens (primary N) is 1. The highest BCUT2D eigenvalue weighted by atomic mass is 16.4. The van der Waals surface area contributed by atoms with Crippen LogP contribution in [0.5, 0.6) is 0 Å². The Hall–Kier alpha value is -2.50. The zero-order chi connectivity index (χ0) is 18.7. The van der Waals surface area contributed by atoms with Crippen LogP contribution in [0.2, 0.25) is 0 Å². The molecule has 0 fully saturated rings. The summed E-state index contributed by atoms with van der Waals surface area (Å²) in [5.41, 5.74) is 9.14. The number of carbonyl (C=O) groups is 2. The largest absolute Gasteiger partial charge is 0.481 e. The summed E-state index contributed by atoms with van der Waals surface area (Å²) in [6.07, 6.45) is 2.71. The minimum absolute atomic E-state index is 0.0282. The Morgan fingerprint density at radius 3 is 1.72 bits per heavy atom. The molecule has 0 aliphatic rings. The highest BCUT2D eigenvalue weighted by Gasteiger charge is 2.08. The third kappa shape index (κ3) is 7.74. The van der Waals surface area contributed by atoms with Crippen molar-refractivity contribution in [1.29, 1.82) is 0 Å². The molecular formula is C20H25NO4. The van der Waals surface area contributed by atoms with Crippen molar-refractivity contribution in [1.82, 2.24) is 0 Å². The van der Waals surface area contributed by atoms with Gasteiger partial charge in [-0.2, -0.15) is 0 Å². The Bertz CT molecular complexity index is 659. The van der Waals surface area contributed by atoms with Gasteiger partial charge >= 0.3 is 0 Å². The number of carbonyl (C=O) groups excluding carboxylic acids is 1. The first-order valence-electron chi connectivity index (χ1n) is 8.21. The number of rotatable bonds is 7. The van der Waals surface area contributed by atoms with E-state index < -0.39 is 5.97 Å². The second kappa shape index (κ2) is 11.1. The molecule has 5 heteroatoms. The third-order valence-electron chi connectivity index (χ3n) is 3.54. The molecule has 134 valence electrons. The maximum Gasteiger partial charge on any atom is 0.300 e. The first-order valence-corrected chi connectivity index (χ1v) is 8.21. The maximum absolute atomic E-state index is 12.4. The SMILES string of the molecule is CC(=O)O.NCc1ccc(C(=O)c2ccc(CCCCO)cc2)cc1. The molecule has 2 aromatic carbocycles. The van der Waals surface area contributed by atoms with Crippen molar-refractivity contribution in [3.8, 4) is 0 Å². The lowest BCUT2D eigenvalue weighted by Crippen LogP contribution is -2.03. The summed E-state index contributed by atoms with van der Waals surface area (Å²) in [6.45, 7) is 1.80. The third-order valence-corrected chi connectivity index (χ3v) is 3.54. The predicted molar refractivity (Wildman–Crippen MR) is 97.5 cm³/mol. The number of aliphatic carboxylic acids is 1. The molecular weight excluding hydrogens is 318 g/mol. The Balaban J connectivity index is 0.000000705. The Morgan fingerprint density at radius 2 is 1.32 bits per heavy atom. The zero-order valence-corrected chi connectivity index (χ0v) is 14.4. The standard InChI is InChI=1S/C18H21NO2.C2H4O2/c19-13-15-6-10-17(11-7-15)18(21)16-8-4-14(5-9-16)3-1-2-12-20;1-2(3)4/h4-11,20H,1-3,12-13,19H2;1H3,(H,3,4). The van der Waals surface area contributed by atoms with Crippen LogP contribution in [-0.4, -0.2) is 28.6 Å². The van der Waals surface area contributed by atoms with E-state index in [-0.39, 0.29) is 12.4 Å². The molecule has 0 unspecified atom stereocenters. The van der Waals surface area contributed by atoms with Crippen LogP contribution in [0.4, 0.5) is 0 Å². The van der Waals surface area contributed by atoms with E-state index in [1.807, 2.05) is 48.5 Å². The van der Waals surface area contributed by atoms with Gasteiger partial charge in [0.1, 0.15) is 0 Å². The molecule has 0 spiro atoms. The maximum atomic E-state index is 12.4. The average Bonchev–Trinajstić information content (AvgIpc) is 2.61. The van der Waals surface area contributed by atoms with Crippen LogP contribution in [0.25, 0.3) is 0 Å². The predicted octanol–water partition coefficient (Wildman–Crippen LogP) is 2.78. The molecule has 0 saturated heterocycles. The molecule has 5 nitrogen and oxygen atoms in total. The van der Waals surface area contributed by atoms with Gasteiger partial charge in [-0.1, -0.05) is 48.5 Å². The first kappa shape index (κ1) is 20.5. The van der Waals surface area contributed by atoms with Crippen LogP contribution in [0, 0.1) is 0 Å². The van der Waals surface area contributed by atoms with E-state index in [0.717, 1.165) is 31.7 Å². The summed E-state index contributed by atoms with van der Waals surface area (Å²) in [5, 5.41) is 16.2. The number of hydrogen-bond acceptors (Lipinski definition) is 4. The van der Waals surface area contributed by atoms with Crippen molar-refractivity contribution >= 4 is 11.8 Å².